The van der Waals surface area contributed by atoms with Crippen LogP contribution in [-0.2, 0) is 6.54 Å². The van der Waals surface area contributed by atoms with E-state index < -0.39 is 6.10 Å². The van der Waals surface area contributed by atoms with Gasteiger partial charge in [0.1, 0.15) is 0 Å². The van der Waals surface area contributed by atoms with Gasteiger partial charge in [0.2, 0.25) is 0 Å². The van der Waals surface area contributed by atoms with Gasteiger partial charge >= 0.3 is 0 Å². The second kappa shape index (κ2) is 6.54. The van der Waals surface area contributed by atoms with Crippen LogP contribution < -0.4 is 5.32 Å². The van der Waals surface area contributed by atoms with Crippen molar-refractivity contribution in [3.05, 3.63) is 53.3 Å². The third-order valence-corrected chi connectivity index (χ3v) is 3.02. The SMILES string of the molecule is O[C@H](CNCCn1cccn1)c1ccccc1Cl. The molecule has 2 N–H and O–H groups in total. The summed E-state index contributed by atoms with van der Waals surface area (Å²) < 4.78 is 1.84. The van der Waals surface area contributed by atoms with Crippen LogP contribution in [0, 0.1) is 0 Å². The molecule has 0 aliphatic heterocycles. The van der Waals surface area contributed by atoms with E-state index in [0.29, 0.717) is 11.6 Å². The van der Waals surface area contributed by atoms with E-state index in [9.17, 15) is 5.11 Å². The molecule has 18 heavy (non-hydrogen) atoms. The molecular formula is C13H16ClN3O. The molecule has 0 aliphatic rings. The van der Waals surface area contributed by atoms with Crippen LogP contribution in [0.5, 0.6) is 0 Å². The van der Waals surface area contributed by atoms with E-state index in [1.165, 1.54) is 0 Å². The third kappa shape index (κ3) is 3.57. The lowest BCUT2D eigenvalue weighted by molar-refractivity contribution is 0.174. The zero-order chi connectivity index (χ0) is 12.8. The lowest BCUT2D eigenvalue weighted by Gasteiger charge is -2.13. The molecule has 0 spiro atoms. The Bertz CT molecular complexity index is 473. The Morgan fingerprint density at radius 1 is 1.33 bits per heavy atom. The van der Waals surface area contributed by atoms with Gasteiger partial charge in [-0.1, -0.05) is 29.8 Å². The number of aliphatic hydroxyl groups excluding tert-OH is 1. The monoisotopic (exact) mass is 265 g/mol. The van der Waals surface area contributed by atoms with Crippen LogP contribution in [0.3, 0.4) is 0 Å². The third-order valence-electron chi connectivity index (χ3n) is 2.68. The molecule has 1 aromatic carbocycles. The molecule has 0 amide bonds. The van der Waals surface area contributed by atoms with Crippen molar-refractivity contribution in [2.75, 3.05) is 13.1 Å². The fourth-order valence-electron chi connectivity index (χ4n) is 1.72. The normalized spacial score (nSPS) is 12.6. The highest BCUT2D eigenvalue weighted by atomic mass is 35.5. The second-order valence-corrected chi connectivity index (χ2v) is 4.42. The number of halogens is 1. The minimum absolute atomic E-state index is 0.477. The molecule has 1 heterocycles. The van der Waals surface area contributed by atoms with E-state index in [1.54, 1.807) is 12.3 Å². The molecule has 5 heteroatoms. The summed E-state index contributed by atoms with van der Waals surface area (Å²) in [7, 11) is 0. The number of aliphatic hydroxyl groups is 1. The van der Waals surface area contributed by atoms with E-state index in [-0.39, 0.29) is 0 Å². The number of hydrogen-bond acceptors (Lipinski definition) is 3. The van der Waals surface area contributed by atoms with Crippen LogP contribution in [0.1, 0.15) is 11.7 Å². The van der Waals surface area contributed by atoms with Gasteiger partial charge in [-0.3, -0.25) is 4.68 Å². The Morgan fingerprint density at radius 2 is 2.17 bits per heavy atom. The van der Waals surface area contributed by atoms with Gasteiger partial charge in [-0.25, -0.2) is 0 Å². The van der Waals surface area contributed by atoms with Crippen molar-refractivity contribution in [2.24, 2.45) is 0 Å². The Kier molecular flexibility index (Phi) is 4.75. The van der Waals surface area contributed by atoms with Crippen molar-refractivity contribution in [2.45, 2.75) is 12.6 Å². The highest BCUT2D eigenvalue weighted by Gasteiger charge is 2.09. The first kappa shape index (κ1) is 13.1. The first-order valence-corrected chi connectivity index (χ1v) is 6.26. The van der Waals surface area contributed by atoms with Gasteiger partial charge in [0.15, 0.2) is 0 Å². The molecule has 0 bridgehead atoms. The summed E-state index contributed by atoms with van der Waals surface area (Å²) >= 11 is 6.01. The van der Waals surface area contributed by atoms with E-state index in [2.05, 4.69) is 10.4 Å². The van der Waals surface area contributed by atoms with Crippen LogP contribution in [0.4, 0.5) is 0 Å². The summed E-state index contributed by atoms with van der Waals surface area (Å²) in [6.45, 7) is 2.01. The van der Waals surface area contributed by atoms with E-state index in [1.807, 2.05) is 35.1 Å². The second-order valence-electron chi connectivity index (χ2n) is 4.01. The lowest BCUT2D eigenvalue weighted by Crippen LogP contribution is -2.25. The summed E-state index contributed by atoms with van der Waals surface area (Å²) in [5.41, 5.74) is 0.755. The van der Waals surface area contributed by atoms with Crippen LogP contribution >= 0.6 is 11.6 Å². The average molecular weight is 266 g/mol. The van der Waals surface area contributed by atoms with Crippen molar-refractivity contribution in [1.82, 2.24) is 15.1 Å². The molecule has 0 aliphatic carbocycles. The molecule has 0 unspecified atom stereocenters. The van der Waals surface area contributed by atoms with Crippen LogP contribution in [-0.4, -0.2) is 28.0 Å². The van der Waals surface area contributed by atoms with Crippen molar-refractivity contribution in [3.8, 4) is 0 Å². The van der Waals surface area contributed by atoms with E-state index in [4.69, 9.17) is 11.6 Å². The van der Waals surface area contributed by atoms with Gasteiger partial charge < -0.3 is 10.4 Å². The van der Waals surface area contributed by atoms with Gasteiger partial charge in [0.25, 0.3) is 0 Å². The molecule has 0 saturated carbocycles. The van der Waals surface area contributed by atoms with Gasteiger partial charge in [-0.15, -0.1) is 0 Å². The van der Waals surface area contributed by atoms with Crippen molar-refractivity contribution >= 4 is 11.6 Å². The minimum atomic E-state index is -0.587. The van der Waals surface area contributed by atoms with E-state index in [0.717, 1.165) is 18.7 Å². The number of benzene rings is 1. The largest absolute Gasteiger partial charge is 0.387 e. The molecule has 0 fully saturated rings. The summed E-state index contributed by atoms with van der Waals surface area (Å²) in [4.78, 5) is 0. The summed E-state index contributed by atoms with van der Waals surface area (Å²) in [6.07, 6.45) is 3.07. The molecule has 1 aromatic heterocycles. The van der Waals surface area contributed by atoms with Gasteiger partial charge in [-0.05, 0) is 12.1 Å². The van der Waals surface area contributed by atoms with Crippen molar-refractivity contribution < 1.29 is 5.11 Å². The number of rotatable bonds is 6. The van der Waals surface area contributed by atoms with E-state index >= 15 is 0 Å². The zero-order valence-electron chi connectivity index (χ0n) is 9.96. The molecule has 4 nitrogen and oxygen atoms in total. The maximum Gasteiger partial charge on any atom is 0.0928 e. The van der Waals surface area contributed by atoms with Crippen molar-refractivity contribution in [3.63, 3.8) is 0 Å². The summed E-state index contributed by atoms with van der Waals surface area (Å²) in [5, 5.41) is 17.9. The standard InChI is InChI=1S/C13H16ClN3O/c14-12-5-2-1-4-11(12)13(18)10-15-7-9-17-8-3-6-16-17/h1-6,8,13,15,18H,7,9-10H2/t13-/m1/s1. The van der Waals surface area contributed by atoms with Crippen LogP contribution in [0.25, 0.3) is 0 Å². The Hall–Kier alpha value is -1.36. The molecule has 0 saturated heterocycles. The Morgan fingerprint density at radius 3 is 2.89 bits per heavy atom. The maximum absolute atomic E-state index is 9.99. The molecule has 96 valence electrons. The quantitative estimate of drug-likeness (QED) is 0.784. The molecule has 0 radical (unpaired) electrons. The first-order chi connectivity index (χ1) is 8.77. The maximum atomic E-state index is 9.99. The first-order valence-electron chi connectivity index (χ1n) is 5.88. The smallest absolute Gasteiger partial charge is 0.0928 e. The molecular weight excluding hydrogens is 250 g/mol. The number of nitrogens with one attached hydrogen (secondary N) is 1. The van der Waals surface area contributed by atoms with Crippen LogP contribution in [0.15, 0.2) is 42.7 Å². The highest BCUT2D eigenvalue weighted by Crippen LogP contribution is 2.21. The molecule has 1 atom stereocenters. The highest BCUT2D eigenvalue weighted by molar-refractivity contribution is 6.31. The lowest BCUT2D eigenvalue weighted by atomic mass is 10.1. The minimum Gasteiger partial charge on any atom is -0.387 e. The number of nitrogens with zero attached hydrogens (tertiary/aromatic N) is 2. The zero-order valence-corrected chi connectivity index (χ0v) is 10.7. The van der Waals surface area contributed by atoms with Gasteiger partial charge in [0, 0.05) is 36.1 Å². The Balaban J connectivity index is 1.75. The van der Waals surface area contributed by atoms with Crippen LogP contribution in [0.2, 0.25) is 5.02 Å². The Labute approximate surface area is 111 Å². The van der Waals surface area contributed by atoms with Gasteiger partial charge in [0.05, 0.1) is 12.6 Å². The topological polar surface area (TPSA) is 50.1 Å². The fourth-order valence-corrected chi connectivity index (χ4v) is 1.98. The number of hydrogen-bond donors (Lipinski definition) is 2. The predicted molar refractivity (Wildman–Crippen MR) is 71.5 cm³/mol. The van der Waals surface area contributed by atoms with Crippen molar-refractivity contribution in [1.29, 1.82) is 0 Å². The number of aromatic nitrogens is 2. The average Bonchev–Trinajstić information content (AvgIpc) is 2.88. The fraction of sp³-hybridized carbons (Fsp3) is 0.308. The summed E-state index contributed by atoms with van der Waals surface area (Å²) in [5.74, 6) is 0. The summed E-state index contributed by atoms with van der Waals surface area (Å²) in [6, 6.07) is 9.22. The van der Waals surface area contributed by atoms with Gasteiger partial charge in [-0.2, -0.15) is 5.10 Å². The predicted octanol–water partition coefficient (Wildman–Crippen LogP) is 1.86. The molecule has 2 aromatic rings. The molecule has 2 rings (SSSR count).